The van der Waals surface area contributed by atoms with Crippen molar-refractivity contribution in [3.63, 3.8) is 0 Å². The molecule has 0 bridgehead atoms. The number of carbonyl (C=O) groups excluding carboxylic acids is 1. The first kappa shape index (κ1) is 13.8. The van der Waals surface area contributed by atoms with Crippen LogP contribution in [0.2, 0.25) is 0 Å². The van der Waals surface area contributed by atoms with Gasteiger partial charge in [-0.2, -0.15) is 0 Å². The molecule has 3 rings (SSSR count). The first-order valence-electron chi connectivity index (χ1n) is 7.09. The molecule has 1 amide bonds. The number of halogens is 1. The molecule has 5 heteroatoms. The van der Waals surface area contributed by atoms with Crippen LogP contribution in [0.5, 0.6) is 0 Å². The third kappa shape index (κ3) is 2.82. The summed E-state index contributed by atoms with van der Waals surface area (Å²) in [5.74, 6) is 0.892. The van der Waals surface area contributed by atoms with Crippen LogP contribution in [0.25, 0.3) is 0 Å². The number of nitrogens with zero attached hydrogens (tertiary/aromatic N) is 2. The average molecular weight is 287 g/mol. The molecule has 0 unspecified atom stereocenters. The first-order chi connectivity index (χ1) is 10.1. The molecule has 1 heterocycles. The minimum atomic E-state index is -0.430. The Kier molecular flexibility index (Phi) is 3.49. The van der Waals surface area contributed by atoms with E-state index < -0.39 is 6.04 Å². The highest BCUT2D eigenvalue weighted by molar-refractivity contribution is 5.82. The number of hydrogen-bond donors (Lipinski definition) is 1. The summed E-state index contributed by atoms with van der Waals surface area (Å²) in [7, 11) is 1.86. The predicted molar refractivity (Wildman–Crippen MR) is 76.9 cm³/mol. The van der Waals surface area contributed by atoms with Gasteiger partial charge in [0, 0.05) is 25.4 Å². The fraction of sp³-hybridized carbons (Fsp3) is 0.375. The van der Waals surface area contributed by atoms with Gasteiger partial charge in [0.25, 0.3) is 0 Å². The summed E-state index contributed by atoms with van der Waals surface area (Å²) in [5, 5.41) is 3.01. The van der Waals surface area contributed by atoms with Crippen molar-refractivity contribution in [1.82, 2.24) is 14.9 Å². The number of nitrogens with one attached hydrogen (secondary N) is 1. The van der Waals surface area contributed by atoms with Crippen LogP contribution in [-0.2, 0) is 11.8 Å². The number of hydrogen-bond acceptors (Lipinski definition) is 2. The van der Waals surface area contributed by atoms with Crippen molar-refractivity contribution < 1.29 is 9.18 Å². The highest BCUT2D eigenvalue weighted by atomic mass is 19.1. The molecule has 0 radical (unpaired) electrons. The maximum Gasteiger partial charge on any atom is 0.224 e. The fourth-order valence-corrected chi connectivity index (χ4v) is 2.58. The van der Waals surface area contributed by atoms with Crippen molar-refractivity contribution in [2.24, 2.45) is 18.9 Å². The zero-order chi connectivity index (χ0) is 15.0. The standard InChI is InChI=1S/C16H18FN3O/c1-10-8-13(10)16(21)19-14(15-18-6-7-20(15)2)11-4-3-5-12(17)9-11/h3-7,9-10,13-14H,8H2,1-2H3,(H,19,21)/t10-,13+,14-/m1/s1. The van der Waals surface area contributed by atoms with E-state index in [4.69, 9.17) is 0 Å². The van der Waals surface area contributed by atoms with Gasteiger partial charge in [-0.15, -0.1) is 0 Å². The van der Waals surface area contributed by atoms with Crippen molar-refractivity contribution in [3.05, 3.63) is 53.9 Å². The average Bonchev–Trinajstić information content (AvgIpc) is 3.03. The molecule has 1 aromatic heterocycles. The smallest absolute Gasteiger partial charge is 0.224 e. The molecule has 21 heavy (non-hydrogen) atoms. The van der Waals surface area contributed by atoms with Gasteiger partial charge in [-0.25, -0.2) is 9.37 Å². The van der Waals surface area contributed by atoms with Crippen molar-refractivity contribution >= 4 is 5.91 Å². The molecule has 2 aromatic rings. The summed E-state index contributed by atoms with van der Waals surface area (Å²) >= 11 is 0. The van der Waals surface area contributed by atoms with Gasteiger partial charge in [0.1, 0.15) is 17.7 Å². The molecular formula is C16H18FN3O. The number of benzene rings is 1. The van der Waals surface area contributed by atoms with Crippen LogP contribution in [0.1, 0.15) is 30.8 Å². The van der Waals surface area contributed by atoms with Crippen LogP contribution < -0.4 is 5.32 Å². The van der Waals surface area contributed by atoms with E-state index in [0.29, 0.717) is 17.3 Å². The van der Waals surface area contributed by atoms with Crippen LogP contribution in [0.4, 0.5) is 4.39 Å². The summed E-state index contributed by atoms with van der Waals surface area (Å²) in [6.07, 6.45) is 4.41. The number of amides is 1. The minimum absolute atomic E-state index is 0.0137. The van der Waals surface area contributed by atoms with Crippen LogP contribution >= 0.6 is 0 Å². The maximum absolute atomic E-state index is 13.5. The molecule has 1 N–H and O–H groups in total. The number of aryl methyl sites for hydroxylation is 1. The van der Waals surface area contributed by atoms with Crippen LogP contribution in [0, 0.1) is 17.7 Å². The molecule has 0 spiro atoms. The second kappa shape index (κ2) is 5.31. The molecule has 110 valence electrons. The zero-order valence-electron chi connectivity index (χ0n) is 12.1. The normalized spacial score (nSPS) is 21.9. The molecule has 1 aliphatic carbocycles. The maximum atomic E-state index is 13.5. The summed E-state index contributed by atoms with van der Waals surface area (Å²) < 4.78 is 15.3. The van der Waals surface area contributed by atoms with Gasteiger partial charge < -0.3 is 9.88 Å². The Hall–Kier alpha value is -2.17. The van der Waals surface area contributed by atoms with Crippen molar-refractivity contribution in [1.29, 1.82) is 0 Å². The summed E-state index contributed by atoms with van der Waals surface area (Å²) in [5.41, 5.74) is 0.700. The minimum Gasteiger partial charge on any atom is -0.342 e. The van der Waals surface area contributed by atoms with Gasteiger partial charge in [0.05, 0.1) is 0 Å². The SMILES string of the molecule is C[C@@H]1C[C@@H]1C(=O)N[C@H](c1cccc(F)c1)c1nccn1C. The molecule has 4 nitrogen and oxygen atoms in total. The molecule has 1 aliphatic rings. The van der Waals surface area contributed by atoms with E-state index >= 15 is 0 Å². The lowest BCUT2D eigenvalue weighted by molar-refractivity contribution is -0.123. The van der Waals surface area contributed by atoms with E-state index in [9.17, 15) is 9.18 Å². The second-order valence-corrected chi connectivity index (χ2v) is 5.71. The van der Waals surface area contributed by atoms with Gasteiger partial charge in [-0.3, -0.25) is 4.79 Å². The third-order valence-electron chi connectivity index (χ3n) is 4.03. The molecule has 0 saturated heterocycles. The van der Waals surface area contributed by atoms with Gasteiger partial charge in [-0.05, 0) is 30.0 Å². The van der Waals surface area contributed by atoms with Crippen LogP contribution in [0.3, 0.4) is 0 Å². The van der Waals surface area contributed by atoms with E-state index in [1.807, 2.05) is 17.8 Å². The lowest BCUT2D eigenvalue weighted by atomic mass is 10.1. The van der Waals surface area contributed by atoms with E-state index in [1.54, 1.807) is 18.3 Å². The van der Waals surface area contributed by atoms with Crippen molar-refractivity contribution in [2.45, 2.75) is 19.4 Å². The third-order valence-corrected chi connectivity index (χ3v) is 4.03. The second-order valence-electron chi connectivity index (χ2n) is 5.71. The molecule has 1 aromatic carbocycles. The Morgan fingerprint density at radius 2 is 2.29 bits per heavy atom. The van der Waals surface area contributed by atoms with E-state index in [2.05, 4.69) is 17.2 Å². The monoisotopic (exact) mass is 287 g/mol. The lowest BCUT2D eigenvalue weighted by Gasteiger charge is -2.19. The first-order valence-corrected chi connectivity index (χ1v) is 7.09. The van der Waals surface area contributed by atoms with Gasteiger partial charge in [-0.1, -0.05) is 19.1 Å². The molecule has 1 saturated carbocycles. The molecule has 0 aliphatic heterocycles. The van der Waals surface area contributed by atoms with Crippen LogP contribution in [-0.4, -0.2) is 15.5 Å². The predicted octanol–water partition coefficient (Wildman–Crippen LogP) is 2.42. The van der Waals surface area contributed by atoms with E-state index in [1.165, 1.54) is 12.1 Å². The zero-order valence-corrected chi connectivity index (χ0v) is 12.1. The van der Waals surface area contributed by atoms with Crippen molar-refractivity contribution in [2.75, 3.05) is 0 Å². The Balaban J connectivity index is 1.91. The number of rotatable bonds is 4. The quantitative estimate of drug-likeness (QED) is 0.938. The fourth-order valence-electron chi connectivity index (χ4n) is 2.58. The van der Waals surface area contributed by atoms with Gasteiger partial charge >= 0.3 is 0 Å². The molecule has 1 fully saturated rings. The number of aromatic nitrogens is 2. The number of imidazole rings is 1. The van der Waals surface area contributed by atoms with E-state index in [-0.39, 0.29) is 17.6 Å². The Morgan fingerprint density at radius 3 is 2.86 bits per heavy atom. The lowest BCUT2D eigenvalue weighted by Crippen LogP contribution is -2.32. The Bertz CT molecular complexity index is 667. The van der Waals surface area contributed by atoms with E-state index in [0.717, 1.165) is 6.42 Å². The summed E-state index contributed by atoms with van der Waals surface area (Å²) in [6.45, 7) is 2.06. The Morgan fingerprint density at radius 1 is 1.52 bits per heavy atom. The van der Waals surface area contributed by atoms with Crippen molar-refractivity contribution in [3.8, 4) is 0 Å². The summed E-state index contributed by atoms with van der Waals surface area (Å²) in [6, 6.07) is 5.85. The van der Waals surface area contributed by atoms with Crippen LogP contribution in [0.15, 0.2) is 36.7 Å². The molecule has 3 atom stereocenters. The summed E-state index contributed by atoms with van der Waals surface area (Å²) in [4.78, 5) is 16.5. The largest absolute Gasteiger partial charge is 0.342 e. The van der Waals surface area contributed by atoms with Gasteiger partial charge in [0.2, 0.25) is 5.91 Å². The Labute approximate surface area is 123 Å². The highest BCUT2D eigenvalue weighted by Crippen LogP contribution is 2.38. The molecular weight excluding hydrogens is 269 g/mol. The number of carbonyl (C=O) groups is 1. The van der Waals surface area contributed by atoms with Gasteiger partial charge in [0.15, 0.2) is 0 Å². The topological polar surface area (TPSA) is 46.9 Å². The highest BCUT2D eigenvalue weighted by Gasteiger charge is 2.40.